The van der Waals surface area contributed by atoms with Crippen LogP contribution in [-0.4, -0.2) is 49.9 Å². The van der Waals surface area contributed by atoms with Gasteiger partial charge in [0.1, 0.15) is 10.1 Å². The first kappa shape index (κ1) is 20.5. The van der Waals surface area contributed by atoms with E-state index in [0.29, 0.717) is 4.48 Å². The topological polar surface area (TPSA) is 74.3 Å². The minimum absolute atomic E-state index is 0.0880. The Bertz CT molecular complexity index is 623. The zero-order valence-electron chi connectivity index (χ0n) is 14.1. The fourth-order valence-corrected chi connectivity index (χ4v) is 1.75. The van der Waals surface area contributed by atoms with Gasteiger partial charge in [-0.3, -0.25) is 4.79 Å². The number of likely N-dealkylation sites (N-methyl/N-ethyl adjacent to an activating group) is 1. The lowest BCUT2D eigenvalue weighted by atomic mass is 9.95. The predicted molar refractivity (Wildman–Crippen MR) is 86.5 cm³/mol. The lowest BCUT2D eigenvalue weighted by Crippen LogP contribution is -2.57. The van der Waals surface area contributed by atoms with E-state index >= 15 is 0 Å². The van der Waals surface area contributed by atoms with Gasteiger partial charge in [0, 0.05) is 0 Å². The summed E-state index contributed by atoms with van der Waals surface area (Å²) in [6, 6.07) is 5.78. The molecule has 0 bridgehead atoms. The highest BCUT2D eigenvalue weighted by molar-refractivity contribution is 7.85. The Labute approximate surface area is 133 Å². The number of benzene rings is 1. The van der Waals surface area contributed by atoms with Gasteiger partial charge in [-0.1, -0.05) is 24.3 Å². The molecule has 1 aromatic rings. The first-order valence-electron chi connectivity index (χ1n) is 6.74. The van der Waals surface area contributed by atoms with Crippen LogP contribution in [0.25, 0.3) is 0 Å². The number of hydrogen-bond acceptors (Lipinski definition) is 4. The van der Waals surface area contributed by atoms with Gasteiger partial charge in [0.25, 0.3) is 0 Å². The normalized spacial score (nSPS) is 12.1. The second-order valence-corrected chi connectivity index (χ2v) is 7.79. The van der Waals surface area contributed by atoms with Crippen molar-refractivity contribution in [1.82, 2.24) is 0 Å². The van der Waals surface area contributed by atoms with Crippen LogP contribution in [0.4, 0.5) is 0 Å². The molecule has 0 aromatic heterocycles. The van der Waals surface area contributed by atoms with Crippen LogP contribution in [-0.2, 0) is 14.9 Å². The molecule has 0 aliphatic carbocycles. The SMILES string of the molecule is C=CC(=O)C(C)(C)[N+](C)(C)C.Cc1ccc(S(=O)(=O)[O-])cc1. The molecule has 0 aliphatic rings. The Morgan fingerprint density at radius 3 is 1.82 bits per heavy atom. The summed E-state index contributed by atoms with van der Waals surface area (Å²) in [4.78, 5) is 11.2. The molecule has 0 spiro atoms. The Morgan fingerprint density at radius 2 is 1.59 bits per heavy atom. The van der Waals surface area contributed by atoms with Gasteiger partial charge in [0.2, 0.25) is 5.78 Å². The highest BCUT2D eigenvalue weighted by Gasteiger charge is 2.38. The number of carbonyl (C=O) groups is 1. The Balaban J connectivity index is 0.000000401. The molecule has 0 atom stereocenters. The minimum atomic E-state index is -4.27. The molecule has 0 radical (unpaired) electrons. The van der Waals surface area contributed by atoms with E-state index in [0.717, 1.165) is 5.56 Å². The van der Waals surface area contributed by atoms with Crippen molar-refractivity contribution >= 4 is 15.9 Å². The third-order valence-corrected chi connectivity index (χ3v) is 4.62. The van der Waals surface area contributed by atoms with E-state index in [2.05, 4.69) is 6.58 Å². The standard InChI is InChI=1S/C9H18NO.C7H8O3S/c1-7-8(11)9(2,3)10(4,5)6;1-6-2-4-7(5-3-6)11(8,9)10/h7H,1H2,2-6H3;2-5H,1H3,(H,8,9,10)/q+1;/p-1. The molecule has 0 aliphatic heterocycles. The predicted octanol–water partition coefficient (Wildman–Crippen LogP) is 2.13. The molecule has 0 unspecified atom stereocenters. The maximum atomic E-state index is 11.3. The molecule has 0 amide bonds. The van der Waals surface area contributed by atoms with Crippen LogP contribution < -0.4 is 0 Å². The van der Waals surface area contributed by atoms with Gasteiger partial charge in [-0.05, 0) is 39.0 Å². The van der Waals surface area contributed by atoms with Crippen LogP contribution in [0.1, 0.15) is 19.4 Å². The number of rotatable bonds is 4. The van der Waals surface area contributed by atoms with Crippen molar-refractivity contribution in [2.24, 2.45) is 0 Å². The third-order valence-electron chi connectivity index (χ3n) is 3.78. The Hall–Kier alpha value is -1.50. The van der Waals surface area contributed by atoms with Gasteiger partial charge in [-0.15, -0.1) is 0 Å². The van der Waals surface area contributed by atoms with Gasteiger partial charge in [0.05, 0.1) is 26.0 Å². The van der Waals surface area contributed by atoms with Crippen molar-refractivity contribution in [2.75, 3.05) is 21.1 Å². The largest absolute Gasteiger partial charge is 0.744 e. The van der Waals surface area contributed by atoms with E-state index in [1.807, 2.05) is 41.9 Å². The second kappa shape index (κ2) is 7.17. The van der Waals surface area contributed by atoms with Crippen molar-refractivity contribution in [3.63, 3.8) is 0 Å². The molecule has 22 heavy (non-hydrogen) atoms. The van der Waals surface area contributed by atoms with Crippen LogP contribution in [0.3, 0.4) is 0 Å². The van der Waals surface area contributed by atoms with E-state index in [9.17, 15) is 17.8 Å². The zero-order valence-corrected chi connectivity index (χ0v) is 14.9. The summed E-state index contributed by atoms with van der Waals surface area (Å²) in [5.74, 6) is 0.0880. The quantitative estimate of drug-likeness (QED) is 0.482. The molecule has 1 aromatic carbocycles. The summed E-state index contributed by atoms with van der Waals surface area (Å²) in [7, 11) is 1.73. The smallest absolute Gasteiger partial charge is 0.214 e. The monoisotopic (exact) mass is 327 g/mol. The van der Waals surface area contributed by atoms with E-state index in [1.54, 1.807) is 12.1 Å². The maximum absolute atomic E-state index is 11.3. The van der Waals surface area contributed by atoms with Gasteiger partial charge in [0.15, 0.2) is 5.54 Å². The number of hydrogen-bond donors (Lipinski definition) is 0. The number of quaternary nitrogens is 1. The Kier molecular flexibility index (Phi) is 6.69. The fraction of sp³-hybridized carbons (Fsp3) is 0.438. The van der Waals surface area contributed by atoms with Crippen LogP contribution >= 0.6 is 0 Å². The summed E-state index contributed by atoms with van der Waals surface area (Å²) < 4.78 is 31.8. The molecule has 1 rings (SSSR count). The average Bonchev–Trinajstić information content (AvgIpc) is 2.36. The molecule has 0 heterocycles. The molecular formula is C16H25NO4S. The minimum Gasteiger partial charge on any atom is -0.744 e. The Morgan fingerprint density at radius 1 is 1.18 bits per heavy atom. The first-order chi connectivity index (χ1) is 9.73. The number of ketones is 1. The van der Waals surface area contributed by atoms with Crippen molar-refractivity contribution in [1.29, 1.82) is 0 Å². The van der Waals surface area contributed by atoms with Gasteiger partial charge in [-0.25, -0.2) is 8.42 Å². The maximum Gasteiger partial charge on any atom is 0.214 e. The van der Waals surface area contributed by atoms with Crippen molar-refractivity contribution in [3.05, 3.63) is 42.5 Å². The van der Waals surface area contributed by atoms with Crippen LogP contribution in [0.5, 0.6) is 0 Å². The molecule has 124 valence electrons. The van der Waals surface area contributed by atoms with Gasteiger partial charge in [-0.2, -0.15) is 0 Å². The second-order valence-electron chi connectivity index (χ2n) is 6.41. The molecule has 6 heteroatoms. The van der Waals surface area contributed by atoms with E-state index < -0.39 is 10.1 Å². The summed E-state index contributed by atoms with van der Waals surface area (Å²) in [6.45, 7) is 9.16. The zero-order chi connectivity index (χ0) is 17.8. The molecule has 0 fully saturated rings. The number of carbonyl (C=O) groups excluding carboxylic acids is 1. The third kappa shape index (κ3) is 5.71. The van der Waals surface area contributed by atoms with Crippen LogP contribution in [0.15, 0.2) is 41.8 Å². The van der Waals surface area contributed by atoms with Crippen molar-refractivity contribution in [2.45, 2.75) is 31.2 Å². The highest BCUT2D eigenvalue weighted by atomic mass is 32.2. The average molecular weight is 327 g/mol. The molecule has 5 nitrogen and oxygen atoms in total. The van der Waals surface area contributed by atoms with Crippen molar-refractivity contribution in [3.8, 4) is 0 Å². The lowest BCUT2D eigenvalue weighted by molar-refractivity contribution is -0.908. The molecule has 0 N–H and O–H groups in total. The summed E-state index contributed by atoms with van der Waals surface area (Å²) in [5, 5.41) is 0. The summed E-state index contributed by atoms with van der Waals surface area (Å²) in [5.41, 5.74) is 0.555. The summed E-state index contributed by atoms with van der Waals surface area (Å²) in [6.07, 6.45) is 1.39. The fourth-order valence-electron chi connectivity index (χ4n) is 1.29. The molecule has 0 saturated heterocycles. The highest BCUT2D eigenvalue weighted by Crippen LogP contribution is 2.18. The first-order valence-corrected chi connectivity index (χ1v) is 8.15. The van der Waals surface area contributed by atoms with Crippen molar-refractivity contribution < 1.29 is 22.2 Å². The number of nitrogens with zero attached hydrogens (tertiary/aromatic N) is 1. The van der Waals surface area contributed by atoms with Gasteiger partial charge >= 0.3 is 0 Å². The number of aryl methyl sites for hydroxylation is 1. The van der Waals surface area contributed by atoms with Crippen LogP contribution in [0, 0.1) is 6.92 Å². The van der Waals surface area contributed by atoms with E-state index in [-0.39, 0.29) is 16.2 Å². The summed E-state index contributed by atoms with van der Waals surface area (Å²) >= 11 is 0. The van der Waals surface area contributed by atoms with E-state index in [1.165, 1.54) is 18.2 Å². The molecule has 0 saturated carbocycles. The van der Waals surface area contributed by atoms with Crippen LogP contribution in [0.2, 0.25) is 0 Å². The van der Waals surface area contributed by atoms with E-state index in [4.69, 9.17) is 0 Å². The lowest BCUT2D eigenvalue weighted by Gasteiger charge is -2.39. The molecular weight excluding hydrogens is 302 g/mol. The van der Waals surface area contributed by atoms with Gasteiger partial charge < -0.3 is 9.04 Å².